The number of alkyl halides is 3. The largest absolute Gasteiger partial charge is 0.411 e. The average Bonchev–Trinajstić information content (AvgIpc) is 2.54. The maximum atomic E-state index is 11.6. The van der Waals surface area contributed by atoms with E-state index in [0.29, 0.717) is 13.0 Å². The Kier molecular flexibility index (Phi) is 3.87. The van der Waals surface area contributed by atoms with Crippen molar-refractivity contribution in [3.63, 3.8) is 0 Å². The number of nitrogens with zero attached hydrogens (tertiary/aromatic N) is 3. The van der Waals surface area contributed by atoms with E-state index >= 15 is 0 Å². The van der Waals surface area contributed by atoms with Gasteiger partial charge in [-0.15, -0.1) is 5.10 Å². The molecule has 1 aromatic rings. The molecule has 0 aliphatic heterocycles. The second-order valence-corrected chi connectivity index (χ2v) is 2.69. The molecular formula is C7H10F3N3O. The summed E-state index contributed by atoms with van der Waals surface area (Å²) in [6.07, 6.45) is -0.604. The number of hydrogen-bond donors (Lipinski definition) is 0. The van der Waals surface area contributed by atoms with Crippen LogP contribution < -0.4 is 0 Å². The van der Waals surface area contributed by atoms with Crippen LogP contribution in [0, 0.1) is 0 Å². The quantitative estimate of drug-likeness (QED) is 0.685. The standard InChI is InChI=1S/C7H10F3N3O/c8-7(9,10)6-14-5-1-3-13-4-2-11-12-13/h2,4H,1,3,5-6H2. The molecule has 0 aliphatic rings. The van der Waals surface area contributed by atoms with Crippen LogP contribution >= 0.6 is 0 Å². The SMILES string of the molecule is FC(F)(F)COCCCn1ccnn1. The van der Waals surface area contributed by atoms with Gasteiger partial charge in [0.25, 0.3) is 0 Å². The van der Waals surface area contributed by atoms with Crippen LogP contribution in [0.3, 0.4) is 0 Å². The predicted molar refractivity (Wildman–Crippen MR) is 41.5 cm³/mol. The highest BCUT2D eigenvalue weighted by molar-refractivity contribution is 4.63. The lowest BCUT2D eigenvalue weighted by Gasteiger charge is -2.06. The Morgan fingerprint density at radius 3 is 2.71 bits per heavy atom. The summed E-state index contributed by atoms with van der Waals surface area (Å²) in [6.45, 7) is -0.610. The summed E-state index contributed by atoms with van der Waals surface area (Å²) in [5.74, 6) is 0. The van der Waals surface area contributed by atoms with Gasteiger partial charge in [0.1, 0.15) is 6.61 Å². The fourth-order valence-electron chi connectivity index (χ4n) is 0.868. The Bertz CT molecular complexity index is 247. The molecule has 0 N–H and O–H groups in total. The zero-order chi connectivity index (χ0) is 10.4. The van der Waals surface area contributed by atoms with Crippen LogP contribution in [0.15, 0.2) is 12.4 Å². The summed E-state index contributed by atoms with van der Waals surface area (Å²) >= 11 is 0. The Morgan fingerprint density at radius 1 is 1.36 bits per heavy atom. The molecule has 14 heavy (non-hydrogen) atoms. The lowest BCUT2D eigenvalue weighted by atomic mass is 10.4. The topological polar surface area (TPSA) is 39.9 Å². The molecule has 0 aromatic carbocycles. The van der Waals surface area contributed by atoms with Gasteiger partial charge in [-0.25, -0.2) is 0 Å². The van der Waals surface area contributed by atoms with Crippen molar-refractivity contribution >= 4 is 0 Å². The number of hydrogen-bond acceptors (Lipinski definition) is 3. The predicted octanol–water partition coefficient (Wildman–Crippen LogP) is 1.25. The third-order valence-electron chi connectivity index (χ3n) is 1.41. The lowest BCUT2D eigenvalue weighted by molar-refractivity contribution is -0.174. The molecule has 0 spiro atoms. The summed E-state index contributed by atoms with van der Waals surface area (Å²) in [6, 6.07) is 0. The molecule has 0 radical (unpaired) electrons. The fourth-order valence-corrected chi connectivity index (χ4v) is 0.868. The van der Waals surface area contributed by atoms with Gasteiger partial charge in [0, 0.05) is 19.3 Å². The van der Waals surface area contributed by atoms with Gasteiger partial charge < -0.3 is 4.74 Å². The number of aryl methyl sites for hydroxylation is 1. The van der Waals surface area contributed by atoms with Crippen molar-refractivity contribution in [2.75, 3.05) is 13.2 Å². The summed E-state index contributed by atoms with van der Waals surface area (Å²) in [4.78, 5) is 0. The fraction of sp³-hybridized carbons (Fsp3) is 0.714. The normalized spacial score (nSPS) is 11.9. The molecule has 7 heteroatoms. The van der Waals surface area contributed by atoms with E-state index in [4.69, 9.17) is 0 Å². The van der Waals surface area contributed by atoms with Crippen molar-refractivity contribution in [2.45, 2.75) is 19.1 Å². The van der Waals surface area contributed by atoms with Crippen LogP contribution in [0.4, 0.5) is 13.2 Å². The molecular weight excluding hydrogens is 199 g/mol. The van der Waals surface area contributed by atoms with E-state index in [0.717, 1.165) is 0 Å². The van der Waals surface area contributed by atoms with Gasteiger partial charge in [0.15, 0.2) is 0 Å². The van der Waals surface area contributed by atoms with Crippen LogP contribution in [0.5, 0.6) is 0 Å². The smallest absolute Gasteiger partial charge is 0.372 e. The van der Waals surface area contributed by atoms with E-state index in [2.05, 4.69) is 15.0 Å². The molecule has 0 aliphatic carbocycles. The van der Waals surface area contributed by atoms with E-state index in [1.54, 1.807) is 6.20 Å². The Morgan fingerprint density at radius 2 is 2.14 bits per heavy atom. The first-order valence-electron chi connectivity index (χ1n) is 4.06. The average molecular weight is 209 g/mol. The highest BCUT2D eigenvalue weighted by atomic mass is 19.4. The molecule has 0 atom stereocenters. The van der Waals surface area contributed by atoms with Crippen molar-refractivity contribution in [2.24, 2.45) is 0 Å². The van der Waals surface area contributed by atoms with Gasteiger partial charge >= 0.3 is 6.18 Å². The lowest BCUT2D eigenvalue weighted by Crippen LogP contribution is -2.17. The zero-order valence-corrected chi connectivity index (χ0v) is 7.37. The van der Waals surface area contributed by atoms with Crippen LogP contribution in [0.25, 0.3) is 0 Å². The van der Waals surface area contributed by atoms with E-state index in [1.165, 1.54) is 10.9 Å². The third-order valence-corrected chi connectivity index (χ3v) is 1.41. The first kappa shape index (κ1) is 11.0. The summed E-state index contributed by atoms with van der Waals surface area (Å²) < 4.78 is 40.8. The minimum Gasteiger partial charge on any atom is -0.372 e. The minimum atomic E-state index is -4.24. The maximum absolute atomic E-state index is 11.6. The van der Waals surface area contributed by atoms with Gasteiger partial charge in [0.05, 0.1) is 6.20 Å². The molecule has 80 valence electrons. The molecule has 4 nitrogen and oxygen atoms in total. The van der Waals surface area contributed by atoms with Gasteiger partial charge in [-0.2, -0.15) is 13.2 Å². The molecule has 0 amide bonds. The van der Waals surface area contributed by atoms with Crippen molar-refractivity contribution in [1.82, 2.24) is 15.0 Å². The summed E-state index contributed by atoms with van der Waals surface area (Å²) in [5, 5.41) is 7.20. The Hall–Kier alpha value is -1.11. The number of halogens is 3. The highest BCUT2D eigenvalue weighted by Crippen LogP contribution is 2.14. The monoisotopic (exact) mass is 209 g/mol. The van der Waals surface area contributed by atoms with E-state index in [9.17, 15) is 13.2 Å². The zero-order valence-electron chi connectivity index (χ0n) is 7.37. The van der Waals surface area contributed by atoms with Gasteiger partial charge in [-0.05, 0) is 6.42 Å². The minimum absolute atomic E-state index is 0.0688. The van der Waals surface area contributed by atoms with E-state index in [-0.39, 0.29) is 6.61 Å². The molecule has 0 saturated heterocycles. The molecule has 0 saturated carbocycles. The van der Waals surface area contributed by atoms with Crippen LogP contribution in [-0.2, 0) is 11.3 Å². The van der Waals surface area contributed by atoms with Gasteiger partial charge in [0.2, 0.25) is 0 Å². The molecule has 0 bridgehead atoms. The summed E-state index contributed by atoms with van der Waals surface area (Å²) in [7, 11) is 0. The van der Waals surface area contributed by atoms with Crippen LogP contribution in [-0.4, -0.2) is 34.4 Å². The summed E-state index contributed by atoms with van der Waals surface area (Å²) in [5.41, 5.74) is 0. The number of rotatable bonds is 5. The Labute approximate surface area is 78.7 Å². The first-order valence-corrected chi connectivity index (χ1v) is 4.06. The molecule has 1 heterocycles. The van der Waals surface area contributed by atoms with E-state index in [1.807, 2.05) is 0 Å². The van der Waals surface area contributed by atoms with Crippen molar-refractivity contribution in [3.8, 4) is 0 Å². The van der Waals surface area contributed by atoms with Crippen molar-refractivity contribution in [1.29, 1.82) is 0 Å². The maximum Gasteiger partial charge on any atom is 0.411 e. The van der Waals surface area contributed by atoms with Gasteiger partial charge in [-0.1, -0.05) is 5.21 Å². The van der Waals surface area contributed by atoms with Crippen molar-refractivity contribution in [3.05, 3.63) is 12.4 Å². The number of aromatic nitrogens is 3. The molecule has 0 unspecified atom stereocenters. The first-order chi connectivity index (χ1) is 6.58. The second kappa shape index (κ2) is 4.94. The number of ether oxygens (including phenoxy) is 1. The van der Waals surface area contributed by atoms with E-state index < -0.39 is 12.8 Å². The molecule has 0 fully saturated rings. The Balaban J connectivity index is 2.00. The van der Waals surface area contributed by atoms with Crippen molar-refractivity contribution < 1.29 is 17.9 Å². The van der Waals surface area contributed by atoms with Gasteiger partial charge in [-0.3, -0.25) is 4.68 Å². The highest BCUT2D eigenvalue weighted by Gasteiger charge is 2.27. The van der Waals surface area contributed by atoms with Crippen LogP contribution in [0.2, 0.25) is 0 Å². The van der Waals surface area contributed by atoms with Crippen LogP contribution in [0.1, 0.15) is 6.42 Å². The molecule has 1 aromatic heterocycles. The third kappa shape index (κ3) is 4.80. The second-order valence-electron chi connectivity index (χ2n) is 2.69. The molecule has 1 rings (SSSR count).